The smallest absolute Gasteiger partial charge is 0.201 e. The third-order valence-electron chi connectivity index (χ3n) is 3.81. The zero-order valence-electron chi connectivity index (χ0n) is 12.0. The number of hydrogen-bond acceptors (Lipinski definition) is 2. The SMILES string of the molecule is CC(CCc1ccccc1)n1c(N)nc2cc(Br)ccc21. The van der Waals surface area contributed by atoms with Gasteiger partial charge in [0.25, 0.3) is 0 Å². The third kappa shape index (κ3) is 2.95. The van der Waals surface area contributed by atoms with E-state index in [4.69, 9.17) is 5.73 Å². The Labute approximate surface area is 132 Å². The predicted molar refractivity (Wildman–Crippen MR) is 91.3 cm³/mol. The number of nitrogens with two attached hydrogens (primary N) is 1. The van der Waals surface area contributed by atoms with Crippen molar-refractivity contribution in [2.75, 3.05) is 5.73 Å². The summed E-state index contributed by atoms with van der Waals surface area (Å²) in [5, 5.41) is 0. The van der Waals surface area contributed by atoms with Gasteiger partial charge in [0, 0.05) is 10.5 Å². The van der Waals surface area contributed by atoms with E-state index in [1.165, 1.54) is 5.56 Å². The van der Waals surface area contributed by atoms with Crippen molar-refractivity contribution >= 4 is 32.9 Å². The van der Waals surface area contributed by atoms with Crippen LogP contribution in [0.5, 0.6) is 0 Å². The highest BCUT2D eigenvalue weighted by atomic mass is 79.9. The summed E-state index contributed by atoms with van der Waals surface area (Å²) in [6, 6.07) is 17.0. The molecule has 0 radical (unpaired) electrons. The second kappa shape index (κ2) is 5.90. The van der Waals surface area contributed by atoms with Gasteiger partial charge in [0.2, 0.25) is 5.95 Å². The van der Waals surface area contributed by atoms with E-state index in [1.54, 1.807) is 0 Å². The number of fused-ring (bicyclic) bond motifs is 1. The number of anilines is 1. The Morgan fingerprint density at radius 3 is 2.71 bits per heavy atom. The van der Waals surface area contributed by atoms with Gasteiger partial charge in [-0.2, -0.15) is 0 Å². The Hall–Kier alpha value is -1.81. The van der Waals surface area contributed by atoms with Gasteiger partial charge in [-0.1, -0.05) is 46.3 Å². The lowest BCUT2D eigenvalue weighted by Gasteiger charge is -2.16. The average molecular weight is 344 g/mol. The fraction of sp³-hybridized carbons (Fsp3) is 0.235. The van der Waals surface area contributed by atoms with Crippen LogP contribution in [0.2, 0.25) is 0 Å². The second-order valence-electron chi connectivity index (χ2n) is 5.35. The van der Waals surface area contributed by atoms with Crippen molar-refractivity contribution < 1.29 is 0 Å². The quantitative estimate of drug-likeness (QED) is 0.753. The van der Waals surface area contributed by atoms with E-state index in [-0.39, 0.29) is 0 Å². The Bertz CT molecular complexity index is 749. The van der Waals surface area contributed by atoms with Gasteiger partial charge in [-0.3, -0.25) is 0 Å². The molecule has 1 atom stereocenters. The number of imidazole rings is 1. The van der Waals surface area contributed by atoms with E-state index in [2.05, 4.69) is 62.7 Å². The van der Waals surface area contributed by atoms with Gasteiger partial charge in [-0.15, -0.1) is 0 Å². The van der Waals surface area contributed by atoms with Crippen LogP contribution in [0, 0.1) is 0 Å². The summed E-state index contributed by atoms with van der Waals surface area (Å²) in [6.07, 6.45) is 2.08. The van der Waals surface area contributed by atoms with Crippen LogP contribution in [0.4, 0.5) is 5.95 Å². The molecule has 0 saturated carbocycles. The van der Waals surface area contributed by atoms with E-state index >= 15 is 0 Å². The minimum Gasteiger partial charge on any atom is -0.369 e. The van der Waals surface area contributed by atoms with Crippen LogP contribution in [0.1, 0.15) is 24.9 Å². The lowest BCUT2D eigenvalue weighted by atomic mass is 10.1. The van der Waals surface area contributed by atoms with E-state index in [9.17, 15) is 0 Å². The topological polar surface area (TPSA) is 43.8 Å². The molecule has 0 fully saturated rings. The first-order valence-electron chi connectivity index (χ1n) is 7.12. The van der Waals surface area contributed by atoms with Crippen LogP contribution in [-0.4, -0.2) is 9.55 Å². The summed E-state index contributed by atoms with van der Waals surface area (Å²) < 4.78 is 3.15. The number of aryl methyl sites for hydroxylation is 1. The molecule has 4 heteroatoms. The number of hydrogen-bond donors (Lipinski definition) is 1. The molecule has 3 aromatic rings. The van der Waals surface area contributed by atoms with Crippen molar-refractivity contribution in [1.82, 2.24) is 9.55 Å². The number of nitrogens with zero attached hydrogens (tertiary/aromatic N) is 2. The summed E-state index contributed by atoms with van der Waals surface area (Å²) in [6.45, 7) is 2.20. The van der Waals surface area contributed by atoms with Gasteiger partial charge < -0.3 is 10.3 Å². The molecule has 21 heavy (non-hydrogen) atoms. The fourth-order valence-electron chi connectivity index (χ4n) is 2.70. The van der Waals surface area contributed by atoms with Crippen LogP contribution in [-0.2, 0) is 6.42 Å². The first kappa shape index (κ1) is 14.1. The largest absolute Gasteiger partial charge is 0.369 e. The molecule has 0 saturated heterocycles. The van der Waals surface area contributed by atoms with Crippen LogP contribution in [0.3, 0.4) is 0 Å². The van der Waals surface area contributed by atoms with Gasteiger partial charge in [-0.25, -0.2) is 4.98 Å². The molecule has 0 aliphatic rings. The van der Waals surface area contributed by atoms with E-state index in [0.717, 1.165) is 28.3 Å². The molecule has 3 nitrogen and oxygen atoms in total. The van der Waals surface area contributed by atoms with Gasteiger partial charge in [0.05, 0.1) is 11.0 Å². The first-order valence-corrected chi connectivity index (χ1v) is 7.91. The van der Waals surface area contributed by atoms with E-state index in [0.29, 0.717) is 12.0 Å². The van der Waals surface area contributed by atoms with Crippen molar-refractivity contribution in [2.24, 2.45) is 0 Å². The lowest BCUT2D eigenvalue weighted by molar-refractivity contribution is 0.525. The van der Waals surface area contributed by atoms with Crippen molar-refractivity contribution in [1.29, 1.82) is 0 Å². The first-order chi connectivity index (χ1) is 10.1. The zero-order valence-corrected chi connectivity index (χ0v) is 13.5. The minimum atomic E-state index is 0.316. The number of nitrogen functional groups attached to an aromatic ring is 1. The highest BCUT2D eigenvalue weighted by Gasteiger charge is 2.14. The molecular formula is C17H18BrN3. The van der Waals surface area contributed by atoms with Crippen LogP contribution < -0.4 is 5.73 Å². The van der Waals surface area contributed by atoms with Crippen molar-refractivity contribution in [2.45, 2.75) is 25.8 Å². The Balaban J connectivity index is 1.84. The van der Waals surface area contributed by atoms with Gasteiger partial charge >= 0.3 is 0 Å². The number of benzene rings is 2. The Morgan fingerprint density at radius 2 is 1.95 bits per heavy atom. The summed E-state index contributed by atoms with van der Waals surface area (Å²) in [4.78, 5) is 4.46. The van der Waals surface area contributed by atoms with Gasteiger partial charge in [0.1, 0.15) is 0 Å². The van der Waals surface area contributed by atoms with Crippen LogP contribution >= 0.6 is 15.9 Å². The fourth-order valence-corrected chi connectivity index (χ4v) is 3.05. The van der Waals surface area contributed by atoms with Gasteiger partial charge in [0.15, 0.2) is 0 Å². The van der Waals surface area contributed by atoms with Crippen molar-refractivity contribution in [3.8, 4) is 0 Å². The molecule has 1 unspecified atom stereocenters. The molecule has 0 amide bonds. The maximum absolute atomic E-state index is 6.11. The number of halogens is 1. The predicted octanol–water partition coefficient (Wildman–Crippen LogP) is 4.57. The normalized spacial score (nSPS) is 12.7. The average Bonchev–Trinajstić information content (AvgIpc) is 2.81. The molecule has 1 aromatic heterocycles. The van der Waals surface area contributed by atoms with E-state index in [1.807, 2.05) is 18.2 Å². The molecule has 108 valence electrons. The molecular weight excluding hydrogens is 326 g/mol. The van der Waals surface area contributed by atoms with E-state index < -0.39 is 0 Å². The lowest BCUT2D eigenvalue weighted by Crippen LogP contribution is -2.09. The van der Waals surface area contributed by atoms with Crippen molar-refractivity contribution in [3.63, 3.8) is 0 Å². The third-order valence-corrected chi connectivity index (χ3v) is 4.31. The maximum Gasteiger partial charge on any atom is 0.201 e. The standard InChI is InChI=1S/C17H18BrN3/c1-12(7-8-13-5-3-2-4-6-13)21-16-10-9-14(18)11-15(16)20-17(21)19/h2-6,9-12H,7-8H2,1H3,(H2,19,20). The molecule has 0 bridgehead atoms. The monoisotopic (exact) mass is 343 g/mol. The molecule has 1 heterocycles. The van der Waals surface area contributed by atoms with Crippen LogP contribution in [0.25, 0.3) is 11.0 Å². The second-order valence-corrected chi connectivity index (χ2v) is 6.26. The highest BCUT2D eigenvalue weighted by Crippen LogP contribution is 2.27. The zero-order chi connectivity index (χ0) is 14.8. The molecule has 0 spiro atoms. The molecule has 3 rings (SSSR count). The van der Waals surface area contributed by atoms with Crippen LogP contribution in [0.15, 0.2) is 53.0 Å². The molecule has 2 aromatic carbocycles. The summed E-state index contributed by atoms with van der Waals surface area (Å²) in [5.41, 5.74) is 9.50. The van der Waals surface area contributed by atoms with Gasteiger partial charge in [-0.05, 0) is 43.5 Å². The Morgan fingerprint density at radius 1 is 1.19 bits per heavy atom. The highest BCUT2D eigenvalue weighted by molar-refractivity contribution is 9.10. The molecule has 0 aliphatic heterocycles. The molecule has 0 aliphatic carbocycles. The minimum absolute atomic E-state index is 0.316. The number of aromatic nitrogens is 2. The number of rotatable bonds is 4. The summed E-state index contributed by atoms with van der Waals surface area (Å²) in [5.74, 6) is 0.587. The Kier molecular flexibility index (Phi) is 3.97. The molecule has 2 N–H and O–H groups in total. The maximum atomic E-state index is 6.11. The van der Waals surface area contributed by atoms with Crippen molar-refractivity contribution in [3.05, 3.63) is 58.6 Å². The summed E-state index contributed by atoms with van der Waals surface area (Å²) in [7, 11) is 0. The summed E-state index contributed by atoms with van der Waals surface area (Å²) >= 11 is 3.47.